The second-order valence-corrected chi connectivity index (χ2v) is 3.51. The van der Waals surface area contributed by atoms with Crippen LogP contribution in [0.4, 0.5) is 0 Å². The topological polar surface area (TPSA) is 41.2 Å². The van der Waals surface area contributed by atoms with Gasteiger partial charge in [0.15, 0.2) is 6.20 Å². The molecule has 0 fully saturated rings. The Morgan fingerprint density at radius 2 is 2.12 bits per heavy atom. The molecule has 3 nitrogen and oxygen atoms in total. The monoisotopic (exact) mass is 214 g/mol. The van der Waals surface area contributed by atoms with Crippen molar-refractivity contribution >= 4 is 22.9 Å². The zero-order valence-corrected chi connectivity index (χ0v) is 8.76. The normalized spacial score (nSPS) is 10.2. The molecule has 0 unspecified atom stereocenters. The minimum atomic E-state index is -0.846. The molecule has 0 aliphatic rings. The molecule has 0 bridgehead atoms. The Kier molecular flexibility index (Phi) is 2.68. The van der Waals surface area contributed by atoms with E-state index in [1.807, 2.05) is 30.3 Å². The Labute approximate surface area is 93.3 Å². The third-order valence-electron chi connectivity index (χ3n) is 2.48. The van der Waals surface area contributed by atoms with E-state index in [2.05, 4.69) is 6.58 Å². The minimum absolute atomic E-state index is 0.0298. The molecule has 3 heteroatoms. The number of rotatable bonds is 3. The van der Waals surface area contributed by atoms with Crippen LogP contribution in [0.1, 0.15) is 5.56 Å². The quantitative estimate of drug-likeness (QED) is 0.792. The smallest absolute Gasteiger partial charge is 0.370 e. The second kappa shape index (κ2) is 4.14. The number of pyridine rings is 1. The van der Waals surface area contributed by atoms with Crippen molar-refractivity contribution in [1.82, 2.24) is 0 Å². The van der Waals surface area contributed by atoms with Crippen LogP contribution in [0.15, 0.2) is 43.1 Å². The van der Waals surface area contributed by atoms with Gasteiger partial charge in [-0.3, -0.25) is 0 Å². The van der Waals surface area contributed by atoms with E-state index in [4.69, 9.17) is 5.11 Å². The molecular formula is C13H12NO2+. The number of aromatic nitrogens is 1. The van der Waals surface area contributed by atoms with Crippen LogP contribution in [0.3, 0.4) is 0 Å². The van der Waals surface area contributed by atoms with Gasteiger partial charge in [0.05, 0.1) is 5.39 Å². The molecule has 0 saturated heterocycles. The first kappa shape index (κ1) is 10.4. The number of carboxylic acid groups (broad SMARTS) is 1. The fraction of sp³-hybridized carbons (Fsp3) is 0.0769. The van der Waals surface area contributed by atoms with Crippen molar-refractivity contribution in [2.75, 3.05) is 0 Å². The number of fused-ring (bicyclic) bond motifs is 1. The first-order valence-corrected chi connectivity index (χ1v) is 4.98. The Balaban J connectivity index is 2.69. The Hall–Kier alpha value is -2.16. The number of carbonyl (C=O) groups is 1. The van der Waals surface area contributed by atoms with E-state index in [1.165, 1.54) is 0 Å². The van der Waals surface area contributed by atoms with Crippen LogP contribution in [0.25, 0.3) is 17.0 Å². The van der Waals surface area contributed by atoms with E-state index in [9.17, 15) is 4.79 Å². The van der Waals surface area contributed by atoms with E-state index in [-0.39, 0.29) is 6.54 Å². The van der Waals surface area contributed by atoms with E-state index in [1.54, 1.807) is 16.8 Å². The molecule has 0 radical (unpaired) electrons. The van der Waals surface area contributed by atoms with Gasteiger partial charge in [-0.25, -0.2) is 4.79 Å². The van der Waals surface area contributed by atoms with E-state index < -0.39 is 5.97 Å². The highest BCUT2D eigenvalue weighted by atomic mass is 16.4. The summed E-state index contributed by atoms with van der Waals surface area (Å²) in [6.45, 7) is 3.72. The molecule has 0 saturated carbocycles. The summed E-state index contributed by atoms with van der Waals surface area (Å²) in [5.74, 6) is -0.846. The van der Waals surface area contributed by atoms with Gasteiger partial charge in [0, 0.05) is 12.1 Å². The van der Waals surface area contributed by atoms with Crippen LogP contribution in [0.2, 0.25) is 0 Å². The summed E-state index contributed by atoms with van der Waals surface area (Å²) in [7, 11) is 0. The summed E-state index contributed by atoms with van der Waals surface area (Å²) < 4.78 is 1.71. The summed E-state index contributed by atoms with van der Waals surface area (Å²) in [5.41, 5.74) is 1.92. The molecule has 1 N–H and O–H groups in total. The van der Waals surface area contributed by atoms with Crippen molar-refractivity contribution < 1.29 is 14.5 Å². The Morgan fingerprint density at radius 1 is 1.38 bits per heavy atom. The minimum Gasteiger partial charge on any atom is -0.477 e. The van der Waals surface area contributed by atoms with Crippen LogP contribution in [-0.4, -0.2) is 11.1 Å². The lowest BCUT2D eigenvalue weighted by Gasteiger charge is -2.01. The van der Waals surface area contributed by atoms with Gasteiger partial charge in [0.2, 0.25) is 12.1 Å². The van der Waals surface area contributed by atoms with E-state index in [0.29, 0.717) is 0 Å². The van der Waals surface area contributed by atoms with Crippen molar-refractivity contribution in [2.45, 2.75) is 6.54 Å². The second-order valence-electron chi connectivity index (χ2n) is 3.51. The predicted molar refractivity (Wildman–Crippen MR) is 61.9 cm³/mol. The highest BCUT2D eigenvalue weighted by Crippen LogP contribution is 2.15. The SMILES string of the molecule is C=Cc1cc[n+](CC(=O)O)c2ccccc12. The Bertz CT molecular complexity index is 561. The molecule has 2 rings (SSSR count). The molecule has 0 aliphatic carbocycles. The molecule has 1 aromatic heterocycles. The zero-order chi connectivity index (χ0) is 11.5. The molecule has 1 aromatic carbocycles. The van der Waals surface area contributed by atoms with Gasteiger partial charge in [-0.15, -0.1) is 0 Å². The van der Waals surface area contributed by atoms with E-state index >= 15 is 0 Å². The lowest BCUT2D eigenvalue weighted by molar-refractivity contribution is -0.660. The Morgan fingerprint density at radius 3 is 2.81 bits per heavy atom. The van der Waals surface area contributed by atoms with Gasteiger partial charge >= 0.3 is 5.97 Å². The van der Waals surface area contributed by atoms with Crippen LogP contribution >= 0.6 is 0 Å². The van der Waals surface area contributed by atoms with Crippen LogP contribution in [0, 0.1) is 0 Å². The fourth-order valence-corrected chi connectivity index (χ4v) is 1.77. The standard InChI is InChI=1S/C13H11NO2/c1-2-10-7-8-14(9-13(15)16)12-6-4-3-5-11(10)12/h2-8H,1,9H2/p+1. The lowest BCUT2D eigenvalue weighted by atomic mass is 10.1. The summed E-state index contributed by atoms with van der Waals surface area (Å²) in [6.07, 6.45) is 3.54. The number of carboxylic acids is 1. The molecule has 16 heavy (non-hydrogen) atoms. The maximum absolute atomic E-state index is 10.7. The number of hydrogen-bond donors (Lipinski definition) is 1. The van der Waals surface area contributed by atoms with Crippen molar-refractivity contribution in [3.05, 3.63) is 48.7 Å². The maximum atomic E-state index is 10.7. The van der Waals surface area contributed by atoms with Gasteiger partial charge in [-0.1, -0.05) is 24.8 Å². The average Bonchev–Trinajstić information content (AvgIpc) is 2.29. The molecular weight excluding hydrogens is 202 g/mol. The first-order valence-electron chi connectivity index (χ1n) is 4.98. The van der Waals surface area contributed by atoms with Gasteiger partial charge in [0.1, 0.15) is 0 Å². The number of hydrogen-bond acceptors (Lipinski definition) is 1. The number of nitrogens with zero attached hydrogens (tertiary/aromatic N) is 1. The van der Waals surface area contributed by atoms with Crippen molar-refractivity contribution in [1.29, 1.82) is 0 Å². The average molecular weight is 214 g/mol. The molecule has 0 amide bonds. The van der Waals surface area contributed by atoms with Crippen LogP contribution < -0.4 is 4.57 Å². The summed E-state index contributed by atoms with van der Waals surface area (Å²) in [6, 6.07) is 9.57. The van der Waals surface area contributed by atoms with E-state index in [0.717, 1.165) is 16.5 Å². The molecule has 0 atom stereocenters. The van der Waals surface area contributed by atoms with Crippen LogP contribution in [-0.2, 0) is 11.3 Å². The van der Waals surface area contributed by atoms with Gasteiger partial charge in [-0.05, 0) is 11.6 Å². The highest BCUT2D eigenvalue weighted by Gasteiger charge is 2.13. The molecule has 0 aliphatic heterocycles. The van der Waals surface area contributed by atoms with Crippen LogP contribution in [0.5, 0.6) is 0 Å². The maximum Gasteiger partial charge on any atom is 0.370 e. The largest absolute Gasteiger partial charge is 0.477 e. The van der Waals surface area contributed by atoms with Crippen molar-refractivity contribution in [2.24, 2.45) is 0 Å². The predicted octanol–water partition coefficient (Wildman–Crippen LogP) is 1.85. The molecule has 2 aromatic rings. The molecule has 1 heterocycles. The van der Waals surface area contributed by atoms with Gasteiger partial charge in [-0.2, -0.15) is 4.57 Å². The van der Waals surface area contributed by atoms with Gasteiger partial charge in [0.25, 0.3) is 0 Å². The zero-order valence-electron chi connectivity index (χ0n) is 8.76. The number of aliphatic carboxylic acids is 1. The fourth-order valence-electron chi connectivity index (χ4n) is 1.77. The molecule has 0 spiro atoms. The lowest BCUT2D eigenvalue weighted by Crippen LogP contribution is -2.38. The number of para-hydroxylation sites is 1. The molecule has 80 valence electrons. The van der Waals surface area contributed by atoms with Gasteiger partial charge < -0.3 is 5.11 Å². The number of benzene rings is 1. The third kappa shape index (κ3) is 1.80. The summed E-state index contributed by atoms with van der Waals surface area (Å²) >= 11 is 0. The summed E-state index contributed by atoms with van der Waals surface area (Å²) in [4.78, 5) is 10.7. The van der Waals surface area contributed by atoms with Crippen molar-refractivity contribution in [3.63, 3.8) is 0 Å². The summed E-state index contributed by atoms with van der Waals surface area (Å²) in [5, 5.41) is 9.83. The van der Waals surface area contributed by atoms with Crippen molar-refractivity contribution in [3.8, 4) is 0 Å². The highest BCUT2D eigenvalue weighted by molar-refractivity contribution is 5.85. The first-order chi connectivity index (χ1) is 7.72. The third-order valence-corrected chi connectivity index (χ3v) is 2.48.